The Morgan fingerprint density at radius 2 is 1.29 bits per heavy atom. The van der Waals surface area contributed by atoms with Gasteiger partial charge in [0.25, 0.3) is 0 Å². The second kappa shape index (κ2) is 5.76. The van der Waals surface area contributed by atoms with Gasteiger partial charge in [-0.2, -0.15) is 0 Å². The van der Waals surface area contributed by atoms with Crippen LogP contribution in [0.3, 0.4) is 0 Å². The zero-order valence-corrected chi connectivity index (χ0v) is 10.3. The fourth-order valence-electron chi connectivity index (χ4n) is 0. The van der Waals surface area contributed by atoms with Crippen molar-refractivity contribution in [1.29, 1.82) is 0 Å². The van der Waals surface area contributed by atoms with Crippen molar-refractivity contribution in [3.63, 3.8) is 0 Å². The molecule has 0 aromatic rings. The zero-order chi connectivity index (χ0) is 4.50. The minimum atomic E-state index is -4.64. The van der Waals surface area contributed by atoms with Gasteiger partial charge in [-0.3, -0.25) is 0 Å². The van der Waals surface area contributed by atoms with Crippen LogP contribution >= 0.6 is 7.82 Å². The van der Waals surface area contributed by atoms with Crippen LogP contribution in [0.1, 0.15) is 1.43 Å². The van der Waals surface area contributed by atoms with Crippen LogP contribution in [0.5, 0.6) is 0 Å². The molecule has 7 heteroatoms. The van der Waals surface area contributed by atoms with E-state index in [9.17, 15) is 0 Å². The molecule has 0 aromatic heterocycles. The van der Waals surface area contributed by atoms with Gasteiger partial charge in [-0.25, -0.2) is 4.57 Å². The molecule has 0 spiro atoms. The second-order valence-corrected chi connectivity index (χ2v) is 1.54. The molecule has 4 nitrogen and oxygen atoms in total. The minimum absolute atomic E-state index is 0. The summed E-state index contributed by atoms with van der Waals surface area (Å²) < 4.78 is 8.88. The van der Waals surface area contributed by atoms with Crippen molar-refractivity contribution < 1.29 is 39.5 Å². The molecule has 0 aliphatic heterocycles. The number of hydrogen-bond acceptors (Lipinski definition) is 1. The molecule has 0 bridgehead atoms. The molecule has 0 amide bonds. The van der Waals surface area contributed by atoms with Crippen LogP contribution in [0.4, 0.5) is 0 Å². The van der Waals surface area contributed by atoms with E-state index in [1.165, 1.54) is 0 Å². The number of rotatable bonds is 0. The number of phosphoric acid groups is 1. The van der Waals surface area contributed by atoms with Crippen LogP contribution in [0.25, 0.3) is 0 Å². The summed E-state index contributed by atoms with van der Waals surface area (Å²) in [5, 5.41) is 0. The second-order valence-electron chi connectivity index (χ2n) is 0.513. The van der Waals surface area contributed by atoms with E-state index in [1.807, 2.05) is 0 Å². The first kappa shape index (κ1) is 15.9. The van der Waals surface area contributed by atoms with Crippen molar-refractivity contribution in [2.45, 2.75) is 0 Å². The Morgan fingerprint density at radius 1 is 1.29 bits per heavy atom. The summed E-state index contributed by atoms with van der Waals surface area (Å²) in [6, 6.07) is 0. The van der Waals surface area contributed by atoms with Crippen molar-refractivity contribution in [2.24, 2.45) is 0 Å². The van der Waals surface area contributed by atoms with E-state index in [0.29, 0.717) is 0 Å². The molecular formula is H6LiO4PPb. The molecule has 0 fully saturated rings. The molecule has 0 saturated carbocycles. The van der Waals surface area contributed by atoms with Gasteiger partial charge >= 0.3 is 54.0 Å². The average Bonchev–Trinajstić information content (AvgIpc) is 0.722. The monoisotopic (exact) mass is 316 g/mol. The van der Waals surface area contributed by atoms with E-state index >= 15 is 0 Å². The van der Waals surface area contributed by atoms with Crippen LogP contribution in [-0.4, -0.2) is 42.0 Å². The average molecular weight is 315 g/mol. The summed E-state index contributed by atoms with van der Waals surface area (Å²) in [5.41, 5.74) is 0. The predicted molar refractivity (Wildman–Crippen MR) is 23.9 cm³/mol. The van der Waals surface area contributed by atoms with E-state index in [4.69, 9.17) is 19.2 Å². The van der Waals surface area contributed by atoms with Crippen LogP contribution < -0.4 is 18.9 Å². The van der Waals surface area contributed by atoms with Crippen LogP contribution in [-0.2, 0) is 4.57 Å². The van der Waals surface area contributed by atoms with Crippen molar-refractivity contribution in [3.8, 4) is 0 Å². The van der Waals surface area contributed by atoms with Gasteiger partial charge in [0, 0.05) is 0 Å². The fraction of sp³-hybridized carbons (Fsp3) is 0. The summed E-state index contributed by atoms with van der Waals surface area (Å²) in [4.78, 5) is 21.6. The van der Waals surface area contributed by atoms with Gasteiger partial charge in [0.05, 0.1) is 0 Å². The Morgan fingerprint density at radius 3 is 1.29 bits per heavy atom. The third-order valence-electron chi connectivity index (χ3n) is 0. The van der Waals surface area contributed by atoms with Gasteiger partial charge < -0.3 is 16.1 Å². The molecule has 0 heterocycles. The molecular weight excluding hydrogens is 309 g/mol. The van der Waals surface area contributed by atoms with Gasteiger partial charge in [-0.15, -0.1) is 0 Å². The Hall–Kier alpha value is 1.63. The molecule has 0 atom stereocenters. The Kier molecular flexibility index (Phi) is 13.0. The SMILES string of the molecule is O=P(O)(O)O.[H-].[Li+].[PbH2]. The summed E-state index contributed by atoms with van der Waals surface area (Å²) >= 11 is 0. The van der Waals surface area contributed by atoms with Gasteiger partial charge in [-0.1, -0.05) is 0 Å². The van der Waals surface area contributed by atoms with Crippen LogP contribution in [0.15, 0.2) is 0 Å². The van der Waals surface area contributed by atoms with Crippen molar-refractivity contribution in [2.75, 3.05) is 0 Å². The molecule has 0 aromatic carbocycles. The summed E-state index contributed by atoms with van der Waals surface area (Å²) in [5.74, 6) is 0. The first-order valence-corrected chi connectivity index (χ1v) is 2.35. The molecule has 0 saturated heterocycles. The first-order chi connectivity index (χ1) is 2.00. The predicted octanol–water partition coefficient (Wildman–Crippen LogP) is -4.73. The molecule has 0 rings (SSSR count). The van der Waals surface area contributed by atoms with E-state index in [0.717, 1.165) is 0 Å². The van der Waals surface area contributed by atoms with Crippen molar-refractivity contribution in [1.82, 2.24) is 0 Å². The molecule has 2 radical (unpaired) electrons. The Labute approximate surface area is 74.4 Å². The first-order valence-electron chi connectivity index (χ1n) is 0.783. The van der Waals surface area contributed by atoms with Gasteiger partial charge in [0.2, 0.25) is 0 Å². The van der Waals surface area contributed by atoms with E-state index < -0.39 is 7.82 Å². The molecule has 7 heavy (non-hydrogen) atoms. The Bertz CT molecular complexity index is 62.2. The molecule has 0 unspecified atom stereocenters. The van der Waals surface area contributed by atoms with E-state index in [1.54, 1.807) is 0 Å². The third-order valence-corrected chi connectivity index (χ3v) is 0. The fourth-order valence-corrected chi connectivity index (χ4v) is 0. The Balaban J connectivity index is -0.0000000267. The van der Waals surface area contributed by atoms with Gasteiger partial charge in [0.15, 0.2) is 0 Å². The van der Waals surface area contributed by atoms with Gasteiger partial charge in [0.1, 0.15) is 0 Å². The van der Waals surface area contributed by atoms with E-state index in [2.05, 4.69) is 0 Å². The summed E-state index contributed by atoms with van der Waals surface area (Å²) in [7, 11) is -4.64. The molecule has 40 valence electrons. The number of hydrogen-bond donors (Lipinski definition) is 3. The standard InChI is InChI=1S/Li.H3O4P.Pb.3H/c;1-5(2,3)4;;;;/h;(H3,1,2,3,4);;;;/q+1;;;;;-1. The normalized spacial score (nSPS) is 8.43. The zero-order valence-electron chi connectivity index (χ0n) is 4.90. The third kappa shape index (κ3) is 91.1. The van der Waals surface area contributed by atoms with Crippen LogP contribution in [0, 0.1) is 0 Å². The van der Waals surface area contributed by atoms with Crippen molar-refractivity contribution >= 4 is 35.1 Å². The molecule has 3 N–H and O–H groups in total. The summed E-state index contributed by atoms with van der Waals surface area (Å²) in [6.45, 7) is 0. The van der Waals surface area contributed by atoms with Gasteiger partial charge in [-0.05, 0) is 0 Å². The van der Waals surface area contributed by atoms with Crippen molar-refractivity contribution in [3.05, 3.63) is 0 Å². The quantitative estimate of drug-likeness (QED) is 0.310. The molecule has 0 aliphatic rings. The maximum absolute atomic E-state index is 8.88. The van der Waals surface area contributed by atoms with Crippen LogP contribution in [0.2, 0.25) is 0 Å². The summed E-state index contributed by atoms with van der Waals surface area (Å²) in [6.07, 6.45) is 0. The maximum atomic E-state index is 8.88. The topological polar surface area (TPSA) is 77.8 Å². The molecule has 0 aliphatic carbocycles. The van der Waals surface area contributed by atoms with E-state index in [-0.39, 0.29) is 47.6 Å².